The Morgan fingerprint density at radius 3 is 1.67 bits per heavy atom. The average Bonchev–Trinajstić information content (AvgIpc) is 2.10. The highest BCUT2D eigenvalue weighted by molar-refractivity contribution is 4.32. The van der Waals surface area contributed by atoms with E-state index in [-0.39, 0.29) is 0 Å². The van der Waals surface area contributed by atoms with Gasteiger partial charge in [0.25, 0.3) is 0 Å². The molecule has 0 saturated heterocycles. The molecule has 0 aliphatic rings. The Labute approximate surface area is 75.0 Å². The van der Waals surface area contributed by atoms with Crippen LogP contribution < -0.4 is 0 Å². The van der Waals surface area contributed by atoms with E-state index in [1.54, 1.807) is 0 Å². The lowest BCUT2D eigenvalue weighted by molar-refractivity contribution is 0.0171. The summed E-state index contributed by atoms with van der Waals surface area (Å²) in [6.07, 6.45) is 1.07. The predicted molar refractivity (Wildman–Crippen MR) is 48.4 cm³/mol. The van der Waals surface area contributed by atoms with E-state index in [0.29, 0.717) is 26.4 Å². The highest BCUT2D eigenvalue weighted by Gasteiger charge is 1.88. The largest absolute Gasteiger partial charge is 0.379 e. The first-order valence-corrected chi connectivity index (χ1v) is 4.65. The predicted octanol–water partition coefficient (Wildman–Crippen LogP) is 1.47. The third kappa shape index (κ3) is 9.88. The number of hydrogen-bond donors (Lipinski definition) is 0. The van der Waals surface area contributed by atoms with Gasteiger partial charge in [0, 0.05) is 13.2 Å². The van der Waals surface area contributed by atoms with Crippen molar-refractivity contribution in [1.82, 2.24) is 0 Å². The Kier molecular flexibility index (Phi) is 10.8. The maximum absolute atomic E-state index is 5.23. The molecule has 0 radical (unpaired) electrons. The first-order valence-electron chi connectivity index (χ1n) is 4.65. The molecule has 0 bridgehead atoms. The molecule has 3 nitrogen and oxygen atoms in total. The summed E-state index contributed by atoms with van der Waals surface area (Å²) in [5.41, 5.74) is 0. The fraction of sp³-hybridized carbons (Fsp3) is 1.00. The summed E-state index contributed by atoms with van der Waals surface area (Å²) in [7, 11) is 0. The van der Waals surface area contributed by atoms with Crippen LogP contribution in [-0.4, -0.2) is 39.6 Å². The van der Waals surface area contributed by atoms with Crippen molar-refractivity contribution in [2.75, 3.05) is 39.6 Å². The van der Waals surface area contributed by atoms with E-state index in [1.807, 2.05) is 6.92 Å². The van der Waals surface area contributed by atoms with E-state index in [2.05, 4.69) is 6.92 Å². The van der Waals surface area contributed by atoms with Gasteiger partial charge in [0.15, 0.2) is 0 Å². The topological polar surface area (TPSA) is 27.7 Å². The molecule has 3 heteroatoms. The van der Waals surface area contributed by atoms with Crippen LogP contribution in [0.3, 0.4) is 0 Å². The van der Waals surface area contributed by atoms with Crippen molar-refractivity contribution in [2.45, 2.75) is 20.3 Å². The summed E-state index contributed by atoms with van der Waals surface area (Å²) < 4.78 is 15.6. The van der Waals surface area contributed by atoms with E-state index >= 15 is 0 Å². The van der Waals surface area contributed by atoms with Gasteiger partial charge in [0.2, 0.25) is 0 Å². The SMILES string of the molecule is CCCOCCOCCOCC. The Balaban J connectivity index is 2.73. The van der Waals surface area contributed by atoms with Gasteiger partial charge in [-0.25, -0.2) is 0 Å². The molecule has 74 valence electrons. The minimum atomic E-state index is 0.670. The lowest BCUT2D eigenvalue weighted by atomic mass is 10.5. The summed E-state index contributed by atoms with van der Waals surface area (Å²) in [5.74, 6) is 0. The summed E-state index contributed by atoms with van der Waals surface area (Å²) in [6.45, 7) is 8.38. The summed E-state index contributed by atoms with van der Waals surface area (Å²) >= 11 is 0. The van der Waals surface area contributed by atoms with E-state index in [9.17, 15) is 0 Å². The van der Waals surface area contributed by atoms with Crippen LogP contribution in [0, 0.1) is 0 Å². The molecule has 0 fully saturated rings. The van der Waals surface area contributed by atoms with Gasteiger partial charge in [-0.1, -0.05) is 6.92 Å². The van der Waals surface area contributed by atoms with Gasteiger partial charge in [-0.15, -0.1) is 0 Å². The molecule has 0 atom stereocenters. The van der Waals surface area contributed by atoms with Gasteiger partial charge >= 0.3 is 0 Å². The van der Waals surface area contributed by atoms with Gasteiger partial charge in [-0.2, -0.15) is 0 Å². The van der Waals surface area contributed by atoms with Crippen LogP contribution in [0.15, 0.2) is 0 Å². The lowest BCUT2D eigenvalue weighted by Crippen LogP contribution is -2.09. The van der Waals surface area contributed by atoms with Gasteiger partial charge < -0.3 is 14.2 Å². The molecule has 0 aliphatic heterocycles. The molecule has 0 amide bonds. The minimum Gasteiger partial charge on any atom is -0.379 e. The Hall–Kier alpha value is -0.120. The van der Waals surface area contributed by atoms with Crippen molar-refractivity contribution in [3.63, 3.8) is 0 Å². The number of ether oxygens (including phenoxy) is 3. The van der Waals surface area contributed by atoms with Gasteiger partial charge in [-0.05, 0) is 13.3 Å². The first kappa shape index (κ1) is 11.9. The zero-order chi connectivity index (χ0) is 9.07. The third-order valence-electron chi connectivity index (χ3n) is 1.30. The maximum atomic E-state index is 5.23. The molecular formula is C9H20O3. The maximum Gasteiger partial charge on any atom is 0.0701 e. The van der Waals surface area contributed by atoms with Crippen molar-refractivity contribution in [3.05, 3.63) is 0 Å². The Morgan fingerprint density at radius 1 is 0.667 bits per heavy atom. The molecule has 0 rings (SSSR count). The van der Waals surface area contributed by atoms with Crippen molar-refractivity contribution in [1.29, 1.82) is 0 Å². The summed E-state index contributed by atoms with van der Waals surface area (Å²) in [6, 6.07) is 0. The van der Waals surface area contributed by atoms with Crippen LogP contribution in [0.1, 0.15) is 20.3 Å². The van der Waals surface area contributed by atoms with Crippen LogP contribution in [-0.2, 0) is 14.2 Å². The first-order chi connectivity index (χ1) is 5.91. The molecule has 12 heavy (non-hydrogen) atoms. The third-order valence-corrected chi connectivity index (χ3v) is 1.30. The monoisotopic (exact) mass is 176 g/mol. The standard InChI is InChI=1S/C9H20O3/c1-3-5-11-8-9-12-7-6-10-4-2/h3-9H2,1-2H3. The van der Waals surface area contributed by atoms with Crippen LogP contribution in [0.25, 0.3) is 0 Å². The van der Waals surface area contributed by atoms with Gasteiger partial charge in [0.1, 0.15) is 0 Å². The highest BCUT2D eigenvalue weighted by atomic mass is 16.5. The normalized spacial score (nSPS) is 10.5. The smallest absolute Gasteiger partial charge is 0.0701 e. The molecule has 0 spiro atoms. The van der Waals surface area contributed by atoms with Crippen molar-refractivity contribution >= 4 is 0 Å². The Bertz CT molecular complexity index is 66.2. The molecule has 0 aromatic rings. The van der Waals surface area contributed by atoms with E-state index in [1.165, 1.54) is 0 Å². The fourth-order valence-corrected chi connectivity index (χ4v) is 0.729. The second-order valence-corrected chi connectivity index (χ2v) is 2.42. The Morgan fingerprint density at radius 2 is 1.17 bits per heavy atom. The molecule has 0 aliphatic carbocycles. The van der Waals surface area contributed by atoms with Crippen molar-refractivity contribution < 1.29 is 14.2 Å². The number of hydrogen-bond acceptors (Lipinski definition) is 3. The quantitative estimate of drug-likeness (QED) is 0.498. The molecule has 0 aromatic heterocycles. The molecule has 0 heterocycles. The zero-order valence-electron chi connectivity index (χ0n) is 8.17. The summed E-state index contributed by atoms with van der Waals surface area (Å²) in [4.78, 5) is 0. The average molecular weight is 176 g/mol. The van der Waals surface area contributed by atoms with Crippen molar-refractivity contribution in [2.24, 2.45) is 0 Å². The second-order valence-electron chi connectivity index (χ2n) is 2.42. The van der Waals surface area contributed by atoms with Crippen molar-refractivity contribution in [3.8, 4) is 0 Å². The molecule has 0 unspecified atom stereocenters. The van der Waals surface area contributed by atoms with E-state index in [0.717, 1.165) is 19.6 Å². The van der Waals surface area contributed by atoms with Crippen LogP contribution in [0.4, 0.5) is 0 Å². The molecular weight excluding hydrogens is 156 g/mol. The van der Waals surface area contributed by atoms with E-state index in [4.69, 9.17) is 14.2 Å². The highest BCUT2D eigenvalue weighted by Crippen LogP contribution is 1.82. The number of rotatable bonds is 9. The second kappa shape index (κ2) is 10.9. The molecule has 0 N–H and O–H groups in total. The fourth-order valence-electron chi connectivity index (χ4n) is 0.729. The van der Waals surface area contributed by atoms with Crippen LogP contribution in [0.5, 0.6) is 0 Å². The van der Waals surface area contributed by atoms with E-state index < -0.39 is 0 Å². The molecule has 0 saturated carbocycles. The van der Waals surface area contributed by atoms with Gasteiger partial charge in [-0.3, -0.25) is 0 Å². The summed E-state index contributed by atoms with van der Waals surface area (Å²) in [5, 5.41) is 0. The van der Waals surface area contributed by atoms with Crippen LogP contribution in [0.2, 0.25) is 0 Å². The lowest BCUT2D eigenvalue weighted by Gasteiger charge is -2.04. The minimum absolute atomic E-state index is 0.670. The molecule has 0 aromatic carbocycles. The van der Waals surface area contributed by atoms with Crippen LogP contribution >= 0.6 is 0 Å². The van der Waals surface area contributed by atoms with Gasteiger partial charge in [0.05, 0.1) is 26.4 Å². The zero-order valence-corrected chi connectivity index (χ0v) is 8.17.